The van der Waals surface area contributed by atoms with E-state index < -0.39 is 0 Å². The van der Waals surface area contributed by atoms with Gasteiger partial charge in [-0.1, -0.05) is 12.1 Å². The highest BCUT2D eigenvalue weighted by Crippen LogP contribution is 2.32. The average molecular weight is 260 g/mol. The number of aromatic nitrogens is 1. The molecular weight excluding hydrogens is 240 g/mol. The van der Waals surface area contributed by atoms with E-state index in [9.17, 15) is 0 Å². The third kappa shape index (κ3) is 2.22. The van der Waals surface area contributed by atoms with Crippen molar-refractivity contribution in [3.63, 3.8) is 0 Å². The maximum Gasteiger partial charge on any atom is 0.143 e. The van der Waals surface area contributed by atoms with E-state index in [0.717, 1.165) is 37.4 Å². The zero-order chi connectivity index (χ0) is 13.2. The van der Waals surface area contributed by atoms with Crippen LogP contribution in [0.1, 0.15) is 18.0 Å². The predicted octanol–water partition coefficient (Wildman–Crippen LogP) is 2.24. The summed E-state index contributed by atoms with van der Waals surface area (Å²) in [6.45, 7) is 2.58. The molecule has 1 unspecified atom stereocenters. The van der Waals surface area contributed by atoms with E-state index in [1.54, 1.807) is 7.11 Å². The maximum atomic E-state index is 5.67. The van der Waals surface area contributed by atoms with Crippen molar-refractivity contribution >= 4 is 10.9 Å². The molecular formula is C15H20N2O2. The number of methoxy groups -OCH3 is 1. The summed E-state index contributed by atoms with van der Waals surface area (Å²) in [5.74, 6) is 0.917. The van der Waals surface area contributed by atoms with Crippen LogP contribution in [0.25, 0.3) is 10.9 Å². The summed E-state index contributed by atoms with van der Waals surface area (Å²) in [6, 6.07) is 6.46. The SMILES string of the molecule is COc1cccc2c(C3COCCCN3)cn(C)c12. The quantitative estimate of drug-likeness (QED) is 0.899. The number of ether oxygens (including phenoxy) is 2. The van der Waals surface area contributed by atoms with Crippen LogP contribution < -0.4 is 10.1 Å². The Balaban J connectivity index is 2.08. The standard InChI is InChI=1S/C15H20N2O2/c1-17-9-12(13-10-19-8-4-7-16-13)11-5-3-6-14(18-2)15(11)17/h3,5-6,9,13,16H,4,7-8,10H2,1-2H3. The first-order chi connectivity index (χ1) is 9.31. The Bertz CT molecular complexity index is 569. The van der Waals surface area contributed by atoms with Gasteiger partial charge in [-0.3, -0.25) is 0 Å². The number of fused-ring (bicyclic) bond motifs is 1. The van der Waals surface area contributed by atoms with Crippen LogP contribution in [0, 0.1) is 0 Å². The number of aryl methyl sites for hydroxylation is 1. The molecule has 1 atom stereocenters. The lowest BCUT2D eigenvalue weighted by atomic mass is 10.1. The summed E-state index contributed by atoms with van der Waals surface area (Å²) in [4.78, 5) is 0. The molecule has 0 spiro atoms. The van der Waals surface area contributed by atoms with Crippen molar-refractivity contribution in [1.29, 1.82) is 0 Å². The monoisotopic (exact) mass is 260 g/mol. The van der Waals surface area contributed by atoms with Crippen molar-refractivity contribution in [3.8, 4) is 5.75 Å². The number of nitrogens with one attached hydrogen (secondary N) is 1. The Morgan fingerprint density at radius 3 is 3.16 bits per heavy atom. The maximum absolute atomic E-state index is 5.67. The number of rotatable bonds is 2. The summed E-state index contributed by atoms with van der Waals surface area (Å²) in [6.07, 6.45) is 3.25. The Kier molecular flexibility index (Phi) is 3.44. The number of benzene rings is 1. The van der Waals surface area contributed by atoms with Gasteiger partial charge in [0.1, 0.15) is 5.75 Å². The lowest BCUT2D eigenvalue weighted by Crippen LogP contribution is -2.23. The van der Waals surface area contributed by atoms with Crippen LogP contribution in [0.4, 0.5) is 0 Å². The lowest BCUT2D eigenvalue weighted by molar-refractivity contribution is 0.132. The molecule has 1 fully saturated rings. The van der Waals surface area contributed by atoms with Crippen molar-refractivity contribution in [1.82, 2.24) is 9.88 Å². The number of nitrogens with zero attached hydrogens (tertiary/aromatic N) is 1. The van der Waals surface area contributed by atoms with Gasteiger partial charge in [0, 0.05) is 25.2 Å². The highest BCUT2D eigenvalue weighted by molar-refractivity contribution is 5.89. The van der Waals surface area contributed by atoms with E-state index in [0.29, 0.717) is 0 Å². The van der Waals surface area contributed by atoms with Crippen LogP contribution in [-0.4, -0.2) is 31.4 Å². The highest BCUT2D eigenvalue weighted by atomic mass is 16.5. The van der Waals surface area contributed by atoms with Gasteiger partial charge in [0.15, 0.2) is 0 Å². The molecule has 4 nitrogen and oxygen atoms in total. The Hall–Kier alpha value is -1.52. The van der Waals surface area contributed by atoms with Crippen LogP contribution in [0.3, 0.4) is 0 Å². The molecule has 1 aromatic heterocycles. The van der Waals surface area contributed by atoms with Gasteiger partial charge < -0.3 is 19.4 Å². The number of hydrogen-bond donors (Lipinski definition) is 1. The molecule has 0 aliphatic carbocycles. The fourth-order valence-electron chi connectivity index (χ4n) is 2.81. The summed E-state index contributed by atoms with van der Waals surface area (Å²) in [5.41, 5.74) is 2.43. The molecule has 0 amide bonds. The van der Waals surface area contributed by atoms with Gasteiger partial charge >= 0.3 is 0 Å². The largest absolute Gasteiger partial charge is 0.495 e. The minimum absolute atomic E-state index is 0.262. The minimum Gasteiger partial charge on any atom is -0.495 e. The predicted molar refractivity (Wildman–Crippen MR) is 75.7 cm³/mol. The fraction of sp³-hybridized carbons (Fsp3) is 0.467. The molecule has 0 saturated carbocycles. The van der Waals surface area contributed by atoms with Gasteiger partial charge in [0.25, 0.3) is 0 Å². The summed E-state index contributed by atoms with van der Waals surface area (Å²) >= 11 is 0. The third-order valence-electron chi connectivity index (χ3n) is 3.73. The van der Waals surface area contributed by atoms with Gasteiger partial charge in [-0.2, -0.15) is 0 Å². The summed E-state index contributed by atoms with van der Waals surface area (Å²) in [5, 5.41) is 4.80. The molecule has 2 aromatic rings. The molecule has 4 heteroatoms. The molecule has 2 heterocycles. The van der Waals surface area contributed by atoms with Crippen LogP contribution in [-0.2, 0) is 11.8 Å². The molecule has 0 bridgehead atoms. The van der Waals surface area contributed by atoms with Crippen molar-refractivity contribution in [3.05, 3.63) is 30.0 Å². The molecule has 1 aromatic carbocycles. The van der Waals surface area contributed by atoms with Crippen molar-refractivity contribution in [2.45, 2.75) is 12.5 Å². The van der Waals surface area contributed by atoms with Crippen molar-refractivity contribution in [2.75, 3.05) is 26.9 Å². The van der Waals surface area contributed by atoms with Crippen molar-refractivity contribution in [2.24, 2.45) is 7.05 Å². The van der Waals surface area contributed by atoms with Gasteiger partial charge in [0.2, 0.25) is 0 Å². The Morgan fingerprint density at radius 1 is 1.42 bits per heavy atom. The normalized spacial score (nSPS) is 20.4. The second-order valence-electron chi connectivity index (χ2n) is 4.99. The van der Waals surface area contributed by atoms with E-state index in [2.05, 4.69) is 29.2 Å². The van der Waals surface area contributed by atoms with Crippen molar-refractivity contribution < 1.29 is 9.47 Å². The van der Waals surface area contributed by atoms with Gasteiger partial charge in [-0.25, -0.2) is 0 Å². The first kappa shape index (κ1) is 12.5. The number of para-hydroxylation sites is 1. The second kappa shape index (κ2) is 5.23. The van der Waals surface area contributed by atoms with E-state index in [1.165, 1.54) is 10.9 Å². The fourth-order valence-corrected chi connectivity index (χ4v) is 2.81. The Morgan fingerprint density at radius 2 is 2.32 bits per heavy atom. The van der Waals surface area contributed by atoms with Gasteiger partial charge in [0.05, 0.1) is 25.3 Å². The van der Waals surface area contributed by atoms with Gasteiger partial charge in [-0.05, 0) is 24.6 Å². The molecule has 0 radical (unpaired) electrons. The topological polar surface area (TPSA) is 35.4 Å². The van der Waals surface area contributed by atoms with E-state index in [-0.39, 0.29) is 6.04 Å². The first-order valence-corrected chi connectivity index (χ1v) is 6.74. The van der Waals surface area contributed by atoms with E-state index in [1.807, 2.05) is 12.1 Å². The van der Waals surface area contributed by atoms with Gasteiger partial charge in [-0.15, -0.1) is 0 Å². The zero-order valence-electron chi connectivity index (χ0n) is 11.5. The number of hydrogen-bond acceptors (Lipinski definition) is 3. The third-order valence-corrected chi connectivity index (χ3v) is 3.73. The van der Waals surface area contributed by atoms with Crippen LogP contribution in [0.2, 0.25) is 0 Å². The van der Waals surface area contributed by atoms with E-state index in [4.69, 9.17) is 9.47 Å². The van der Waals surface area contributed by atoms with E-state index >= 15 is 0 Å². The average Bonchev–Trinajstić information content (AvgIpc) is 2.65. The Labute approximate surface area is 113 Å². The molecule has 1 N–H and O–H groups in total. The summed E-state index contributed by atoms with van der Waals surface area (Å²) in [7, 11) is 3.78. The lowest BCUT2D eigenvalue weighted by Gasteiger charge is -2.14. The molecule has 102 valence electrons. The van der Waals surface area contributed by atoms with Crippen LogP contribution >= 0.6 is 0 Å². The van der Waals surface area contributed by atoms with Crippen LogP contribution in [0.5, 0.6) is 5.75 Å². The smallest absolute Gasteiger partial charge is 0.143 e. The molecule has 19 heavy (non-hydrogen) atoms. The molecule has 1 aliphatic heterocycles. The first-order valence-electron chi connectivity index (χ1n) is 6.74. The highest BCUT2D eigenvalue weighted by Gasteiger charge is 2.20. The second-order valence-corrected chi connectivity index (χ2v) is 4.99. The molecule has 1 aliphatic rings. The summed E-state index contributed by atoms with van der Waals surface area (Å²) < 4.78 is 13.3. The molecule has 3 rings (SSSR count). The zero-order valence-corrected chi connectivity index (χ0v) is 11.5. The molecule has 1 saturated heterocycles. The minimum atomic E-state index is 0.262. The van der Waals surface area contributed by atoms with Crippen LogP contribution in [0.15, 0.2) is 24.4 Å².